The lowest BCUT2D eigenvalue weighted by atomic mass is 10.4. The quantitative estimate of drug-likeness (QED) is 0.676. The van der Waals surface area contributed by atoms with E-state index in [0.717, 1.165) is 0 Å². The topological polar surface area (TPSA) is 64.0 Å². The van der Waals surface area contributed by atoms with E-state index < -0.39 is 0 Å². The zero-order valence-electron chi connectivity index (χ0n) is 8.89. The number of amides is 1. The molecule has 0 unspecified atom stereocenters. The molecule has 0 bridgehead atoms. The predicted octanol–water partition coefficient (Wildman–Crippen LogP) is 2.15. The number of pyridine rings is 1. The fourth-order valence-electron chi connectivity index (χ4n) is 1.26. The number of anilines is 1. The lowest BCUT2D eigenvalue weighted by Crippen LogP contribution is -2.21. The van der Waals surface area contributed by atoms with E-state index in [4.69, 9.17) is 0 Å². The minimum absolute atomic E-state index is 0.00668. The van der Waals surface area contributed by atoms with Gasteiger partial charge in [-0.1, -0.05) is 0 Å². The summed E-state index contributed by atoms with van der Waals surface area (Å²) >= 11 is 5.30. The number of hydrogen-bond acceptors (Lipinski definition) is 4. The van der Waals surface area contributed by atoms with E-state index in [1.54, 1.807) is 28.5 Å². The van der Waals surface area contributed by atoms with Crippen LogP contribution in [0.15, 0.2) is 28.8 Å². The van der Waals surface area contributed by atoms with E-state index in [0.29, 0.717) is 12.3 Å². The van der Waals surface area contributed by atoms with Gasteiger partial charge in [0.05, 0.1) is 7.14 Å². The largest absolute Gasteiger partial charge is 0.343 e. The van der Waals surface area contributed by atoms with Crippen molar-refractivity contribution in [3.8, 4) is 0 Å². The van der Waals surface area contributed by atoms with Crippen molar-refractivity contribution in [2.75, 3.05) is 5.32 Å². The summed E-state index contributed by atoms with van der Waals surface area (Å²) in [5.74, 6) is -0.166. The number of nitrogens with zero attached hydrogens (tertiary/aromatic N) is 2. The van der Waals surface area contributed by atoms with Gasteiger partial charge in [-0.15, -0.1) is 11.3 Å². The van der Waals surface area contributed by atoms with Gasteiger partial charge in [-0.05, 0) is 45.2 Å². The van der Waals surface area contributed by atoms with Crippen LogP contribution in [0, 0.1) is 7.14 Å². The van der Waals surface area contributed by atoms with E-state index >= 15 is 0 Å². The molecule has 0 spiro atoms. The van der Waals surface area contributed by atoms with Crippen LogP contribution in [-0.2, 0) is 11.3 Å². The van der Waals surface area contributed by atoms with Crippen LogP contribution in [0.1, 0.15) is 0 Å². The summed E-state index contributed by atoms with van der Waals surface area (Å²) in [6, 6.07) is 0. The Morgan fingerprint density at radius 2 is 2.06 bits per heavy atom. The lowest BCUT2D eigenvalue weighted by Gasteiger charge is -2.07. The first kappa shape index (κ1) is 13.9. The first-order valence-corrected chi connectivity index (χ1v) is 7.84. The highest BCUT2D eigenvalue weighted by molar-refractivity contribution is 14.1. The summed E-state index contributed by atoms with van der Waals surface area (Å²) in [6.07, 6.45) is 4.95. The van der Waals surface area contributed by atoms with E-state index in [2.05, 4.69) is 10.3 Å². The van der Waals surface area contributed by atoms with E-state index in [9.17, 15) is 9.59 Å². The molecule has 2 heterocycles. The molecular weight excluding hydrogens is 480 g/mol. The number of rotatable bonds is 3. The standard InChI is InChI=1S/C10H7I2N3O2S/c11-6-3-15(4-7(12)9(6)17)5-8(16)14-10-13-1-2-18-10/h1-4H,5H2,(H,13,14,16). The van der Waals surface area contributed by atoms with Gasteiger partial charge in [0, 0.05) is 24.0 Å². The summed E-state index contributed by atoms with van der Waals surface area (Å²) in [7, 11) is 0. The molecule has 0 aliphatic carbocycles. The molecule has 8 heteroatoms. The van der Waals surface area contributed by atoms with Gasteiger partial charge in [-0.25, -0.2) is 4.98 Å². The van der Waals surface area contributed by atoms with Gasteiger partial charge in [0.25, 0.3) is 0 Å². The highest BCUT2D eigenvalue weighted by atomic mass is 127. The van der Waals surface area contributed by atoms with Gasteiger partial charge in [-0.2, -0.15) is 0 Å². The van der Waals surface area contributed by atoms with Crippen LogP contribution < -0.4 is 10.7 Å². The molecule has 1 N–H and O–H groups in total. The molecule has 5 nitrogen and oxygen atoms in total. The Hall–Kier alpha value is -0.490. The van der Waals surface area contributed by atoms with Crippen molar-refractivity contribution in [2.24, 2.45) is 0 Å². The molecule has 2 rings (SSSR count). The number of aromatic nitrogens is 2. The molecule has 2 aromatic heterocycles. The van der Waals surface area contributed by atoms with Crippen LogP contribution >= 0.6 is 56.5 Å². The fraction of sp³-hybridized carbons (Fsp3) is 0.100. The number of halogens is 2. The normalized spacial score (nSPS) is 10.3. The molecule has 2 aromatic rings. The molecule has 1 amide bonds. The number of carbonyl (C=O) groups is 1. The minimum Gasteiger partial charge on any atom is -0.343 e. The highest BCUT2D eigenvalue weighted by Crippen LogP contribution is 2.10. The van der Waals surface area contributed by atoms with Gasteiger partial charge in [0.1, 0.15) is 6.54 Å². The molecule has 0 radical (unpaired) electrons. The van der Waals surface area contributed by atoms with Gasteiger partial charge in [0.2, 0.25) is 11.3 Å². The number of nitrogens with one attached hydrogen (secondary N) is 1. The van der Waals surface area contributed by atoms with Gasteiger partial charge in [-0.3, -0.25) is 9.59 Å². The average Bonchev–Trinajstić information content (AvgIpc) is 2.78. The maximum Gasteiger partial charge on any atom is 0.246 e. The summed E-state index contributed by atoms with van der Waals surface area (Å²) in [6.45, 7) is 0.159. The lowest BCUT2D eigenvalue weighted by molar-refractivity contribution is -0.116. The molecule has 0 atom stereocenters. The molecule has 0 aliphatic rings. The van der Waals surface area contributed by atoms with Crippen molar-refractivity contribution in [3.05, 3.63) is 41.3 Å². The Bertz CT molecular complexity index is 598. The van der Waals surface area contributed by atoms with Crippen LogP contribution in [0.5, 0.6) is 0 Å². The van der Waals surface area contributed by atoms with Gasteiger partial charge >= 0.3 is 0 Å². The monoisotopic (exact) mass is 487 g/mol. The van der Waals surface area contributed by atoms with Crippen molar-refractivity contribution in [1.29, 1.82) is 0 Å². The Morgan fingerprint density at radius 1 is 1.39 bits per heavy atom. The molecule has 0 saturated heterocycles. The van der Waals surface area contributed by atoms with Crippen molar-refractivity contribution in [1.82, 2.24) is 9.55 Å². The summed E-state index contributed by atoms with van der Waals surface area (Å²) in [5.41, 5.74) is -0.00668. The second-order valence-corrected chi connectivity index (χ2v) is 6.56. The fourth-order valence-corrected chi connectivity index (χ4v) is 3.62. The first-order chi connectivity index (χ1) is 8.56. The van der Waals surface area contributed by atoms with Crippen molar-refractivity contribution >= 4 is 67.6 Å². The Balaban J connectivity index is 2.10. The third kappa shape index (κ3) is 3.51. The Kier molecular flexibility index (Phi) is 4.72. The molecule has 0 aliphatic heterocycles. The van der Waals surface area contributed by atoms with E-state index in [-0.39, 0.29) is 17.9 Å². The Labute approximate surface area is 134 Å². The maximum absolute atomic E-state index is 11.7. The third-order valence-electron chi connectivity index (χ3n) is 2.00. The predicted molar refractivity (Wildman–Crippen MR) is 86.9 cm³/mol. The zero-order valence-corrected chi connectivity index (χ0v) is 14.0. The smallest absolute Gasteiger partial charge is 0.246 e. The molecular formula is C10H7I2N3O2S. The molecule has 0 aromatic carbocycles. The van der Waals surface area contributed by atoms with Crippen LogP contribution in [0.3, 0.4) is 0 Å². The van der Waals surface area contributed by atoms with Crippen LogP contribution in [0.2, 0.25) is 0 Å². The van der Waals surface area contributed by atoms with Crippen molar-refractivity contribution in [2.45, 2.75) is 6.54 Å². The van der Waals surface area contributed by atoms with Crippen LogP contribution in [0.25, 0.3) is 0 Å². The summed E-state index contributed by atoms with van der Waals surface area (Å²) in [4.78, 5) is 27.2. The molecule has 94 valence electrons. The number of carbonyl (C=O) groups excluding carboxylic acids is 1. The van der Waals surface area contributed by atoms with E-state index in [1.165, 1.54) is 11.3 Å². The minimum atomic E-state index is -0.166. The molecule has 0 fully saturated rings. The summed E-state index contributed by atoms with van der Waals surface area (Å²) in [5, 5.41) is 5.06. The maximum atomic E-state index is 11.7. The third-order valence-corrected chi connectivity index (χ3v) is 4.22. The Morgan fingerprint density at radius 3 is 2.61 bits per heavy atom. The first-order valence-electron chi connectivity index (χ1n) is 4.80. The van der Waals surface area contributed by atoms with Crippen molar-refractivity contribution < 1.29 is 4.79 Å². The van der Waals surface area contributed by atoms with Gasteiger partial charge in [0.15, 0.2) is 5.13 Å². The second-order valence-electron chi connectivity index (χ2n) is 3.34. The number of thiazole rings is 1. The van der Waals surface area contributed by atoms with Crippen LogP contribution in [0.4, 0.5) is 5.13 Å². The van der Waals surface area contributed by atoms with E-state index in [1.807, 2.05) is 45.2 Å². The number of hydrogen-bond donors (Lipinski definition) is 1. The second kappa shape index (κ2) is 6.10. The zero-order chi connectivity index (χ0) is 13.1. The highest BCUT2D eigenvalue weighted by Gasteiger charge is 2.07. The van der Waals surface area contributed by atoms with Crippen LogP contribution in [-0.4, -0.2) is 15.5 Å². The molecule has 0 saturated carbocycles. The SMILES string of the molecule is O=C(Cn1cc(I)c(=O)c(I)c1)Nc1nccs1. The molecule has 18 heavy (non-hydrogen) atoms. The van der Waals surface area contributed by atoms with Gasteiger partial charge < -0.3 is 9.88 Å². The van der Waals surface area contributed by atoms with Crippen molar-refractivity contribution in [3.63, 3.8) is 0 Å². The average molecular weight is 487 g/mol. The summed E-state index contributed by atoms with van der Waals surface area (Å²) < 4.78 is 2.89.